The molecule has 0 amide bonds. The van der Waals surface area contributed by atoms with Crippen molar-refractivity contribution in [2.75, 3.05) is 6.61 Å². The van der Waals surface area contributed by atoms with Crippen molar-refractivity contribution < 1.29 is 19.1 Å². The zero-order valence-electron chi connectivity index (χ0n) is 11.5. The minimum Gasteiger partial charge on any atom is -0.458 e. The van der Waals surface area contributed by atoms with Crippen molar-refractivity contribution >= 4 is 11.9 Å². The van der Waals surface area contributed by atoms with Crippen LogP contribution in [0, 0.1) is 17.3 Å². The number of ether oxygens (including phenoxy) is 2. The van der Waals surface area contributed by atoms with E-state index < -0.39 is 0 Å². The number of fused-ring (bicyclic) bond motifs is 1. The van der Waals surface area contributed by atoms with Gasteiger partial charge >= 0.3 is 11.9 Å². The van der Waals surface area contributed by atoms with Crippen LogP contribution in [-0.2, 0) is 19.1 Å². The first-order valence-corrected chi connectivity index (χ1v) is 7.05. The third-order valence-electron chi connectivity index (χ3n) is 4.95. The van der Waals surface area contributed by atoms with Gasteiger partial charge in [0.25, 0.3) is 0 Å². The third-order valence-corrected chi connectivity index (χ3v) is 4.95. The molecule has 3 atom stereocenters. The Labute approximate surface area is 113 Å². The van der Waals surface area contributed by atoms with Crippen LogP contribution in [0.5, 0.6) is 0 Å². The van der Waals surface area contributed by atoms with Crippen LogP contribution in [0.15, 0.2) is 11.6 Å². The summed E-state index contributed by atoms with van der Waals surface area (Å²) < 4.78 is 10.5. The topological polar surface area (TPSA) is 52.6 Å². The van der Waals surface area contributed by atoms with E-state index in [9.17, 15) is 9.59 Å². The van der Waals surface area contributed by atoms with Crippen LogP contribution in [0.4, 0.5) is 0 Å². The number of hydrogen-bond acceptors (Lipinski definition) is 4. The van der Waals surface area contributed by atoms with E-state index >= 15 is 0 Å². The average molecular weight is 264 g/mol. The van der Waals surface area contributed by atoms with Gasteiger partial charge in [-0.2, -0.15) is 0 Å². The first-order valence-electron chi connectivity index (χ1n) is 7.05. The Balaban J connectivity index is 1.83. The maximum absolute atomic E-state index is 12.2. The number of carbonyl (C=O) groups is 2. The number of cyclic esters (lactones) is 2. The molecule has 1 saturated carbocycles. The van der Waals surface area contributed by atoms with Crippen LogP contribution in [0.3, 0.4) is 0 Å². The summed E-state index contributed by atoms with van der Waals surface area (Å²) in [5.41, 5.74) is 0.989. The van der Waals surface area contributed by atoms with Crippen LogP contribution < -0.4 is 0 Å². The predicted molar refractivity (Wildman–Crippen MR) is 68.2 cm³/mol. The van der Waals surface area contributed by atoms with Crippen molar-refractivity contribution in [2.45, 2.75) is 45.6 Å². The van der Waals surface area contributed by atoms with Gasteiger partial charge in [0.1, 0.15) is 12.7 Å². The second-order valence-corrected chi connectivity index (χ2v) is 6.58. The minimum atomic E-state index is -0.323. The Morgan fingerprint density at radius 2 is 2.11 bits per heavy atom. The largest absolute Gasteiger partial charge is 0.458 e. The fourth-order valence-corrected chi connectivity index (χ4v) is 3.78. The van der Waals surface area contributed by atoms with E-state index in [4.69, 9.17) is 9.47 Å². The van der Waals surface area contributed by atoms with E-state index in [-0.39, 0.29) is 36.0 Å². The highest BCUT2D eigenvalue weighted by molar-refractivity contribution is 5.85. The summed E-state index contributed by atoms with van der Waals surface area (Å²) in [6, 6.07) is 0. The lowest BCUT2D eigenvalue weighted by atomic mass is 9.60. The van der Waals surface area contributed by atoms with E-state index in [0.29, 0.717) is 5.92 Å². The van der Waals surface area contributed by atoms with Crippen LogP contribution in [0.25, 0.3) is 0 Å². The van der Waals surface area contributed by atoms with E-state index in [1.807, 2.05) is 0 Å². The zero-order valence-corrected chi connectivity index (χ0v) is 11.5. The fourth-order valence-electron chi connectivity index (χ4n) is 3.78. The molecule has 3 aliphatic rings. The Morgan fingerprint density at radius 1 is 1.32 bits per heavy atom. The van der Waals surface area contributed by atoms with Gasteiger partial charge in [-0.3, -0.25) is 4.79 Å². The monoisotopic (exact) mass is 264 g/mol. The molecular formula is C15H20O4. The zero-order chi connectivity index (χ0) is 13.6. The highest BCUT2D eigenvalue weighted by Crippen LogP contribution is 2.49. The molecule has 2 heterocycles. The van der Waals surface area contributed by atoms with Crippen molar-refractivity contribution in [1.29, 1.82) is 0 Å². The van der Waals surface area contributed by atoms with Gasteiger partial charge < -0.3 is 9.47 Å². The molecule has 2 fully saturated rings. The Morgan fingerprint density at radius 3 is 2.79 bits per heavy atom. The summed E-state index contributed by atoms with van der Waals surface area (Å²) >= 11 is 0. The molecule has 2 aliphatic heterocycles. The second-order valence-electron chi connectivity index (χ2n) is 6.58. The molecule has 0 aromatic rings. The van der Waals surface area contributed by atoms with Gasteiger partial charge in [-0.05, 0) is 30.6 Å². The Bertz CT molecular complexity index is 449. The second kappa shape index (κ2) is 4.36. The molecule has 0 unspecified atom stereocenters. The van der Waals surface area contributed by atoms with Crippen molar-refractivity contribution in [3.8, 4) is 0 Å². The number of esters is 2. The third kappa shape index (κ3) is 2.17. The first kappa shape index (κ1) is 12.7. The maximum atomic E-state index is 12.2. The van der Waals surface area contributed by atoms with Crippen LogP contribution in [0.2, 0.25) is 0 Å². The quantitative estimate of drug-likeness (QED) is 0.681. The summed E-state index contributed by atoms with van der Waals surface area (Å²) in [5, 5.41) is 0. The van der Waals surface area contributed by atoms with Gasteiger partial charge in [-0.25, -0.2) is 4.79 Å². The summed E-state index contributed by atoms with van der Waals surface area (Å²) in [6.07, 6.45) is 5.23. The molecule has 1 saturated heterocycles. The standard InChI is InChI=1S/C15H20O4/c1-15(2)5-3-4-10-11(15)7-12(19-14(10)17)9-6-13(16)18-8-9/h6,10-12H,3-5,7-8H2,1-2H3/t10-,11-,12-/m0/s1. The summed E-state index contributed by atoms with van der Waals surface area (Å²) in [4.78, 5) is 23.3. The molecule has 0 aromatic carbocycles. The van der Waals surface area contributed by atoms with Gasteiger partial charge in [-0.1, -0.05) is 20.3 Å². The first-order chi connectivity index (χ1) is 8.97. The lowest BCUT2D eigenvalue weighted by Crippen LogP contribution is -2.47. The smallest absolute Gasteiger partial charge is 0.331 e. The van der Waals surface area contributed by atoms with Gasteiger partial charge in [0.15, 0.2) is 0 Å². The number of carbonyl (C=O) groups excluding carboxylic acids is 2. The SMILES string of the molecule is CC1(C)CCC[C@@H]2C(=O)O[C@H](C3=CC(=O)OC3)C[C@@H]21. The van der Waals surface area contributed by atoms with Gasteiger partial charge in [0.05, 0.1) is 5.92 Å². The summed E-state index contributed by atoms with van der Waals surface area (Å²) in [5.74, 6) is -0.0203. The molecule has 0 spiro atoms. The highest BCUT2D eigenvalue weighted by Gasteiger charge is 2.48. The molecule has 4 heteroatoms. The molecule has 0 aromatic heterocycles. The average Bonchev–Trinajstić information content (AvgIpc) is 2.76. The van der Waals surface area contributed by atoms with Gasteiger partial charge in [0, 0.05) is 11.6 Å². The fraction of sp³-hybridized carbons (Fsp3) is 0.733. The van der Waals surface area contributed by atoms with Crippen molar-refractivity contribution in [3.05, 3.63) is 11.6 Å². The summed E-state index contributed by atoms with van der Waals surface area (Å²) in [7, 11) is 0. The molecule has 0 radical (unpaired) electrons. The van der Waals surface area contributed by atoms with Crippen LogP contribution >= 0.6 is 0 Å². The lowest BCUT2D eigenvalue weighted by molar-refractivity contribution is -0.170. The maximum Gasteiger partial charge on any atom is 0.331 e. The molecule has 1 aliphatic carbocycles. The predicted octanol–water partition coefficient (Wildman–Crippen LogP) is 2.23. The molecular weight excluding hydrogens is 244 g/mol. The lowest BCUT2D eigenvalue weighted by Gasteiger charge is -2.47. The van der Waals surface area contributed by atoms with Crippen molar-refractivity contribution in [2.24, 2.45) is 17.3 Å². The van der Waals surface area contributed by atoms with E-state index in [1.54, 1.807) is 0 Å². The van der Waals surface area contributed by atoms with E-state index in [0.717, 1.165) is 31.3 Å². The van der Waals surface area contributed by atoms with Crippen LogP contribution in [0.1, 0.15) is 39.5 Å². The Hall–Kier alpha value is -1.32. The molecule has 104 valence electrons. The minimum absolute atomic E-state index is 0.0404. The molecule has 4 nitrogen and oxygen atoms in total. The van der Waals surface area contributed by atoms with Gasteiger partial charge in [0.2, 0.25) is 0 Å². The Kier molecular flexibility index (Phi) is 2.91. The number of rotatable bonds is 1. The van der Waals surface area contributed by atoms with E-state index in [2.05, 4.69) is 13.8 Å². The summed E-state index contributed by atoms with van der Waals surface area (Å²) in [6.45, 7) is 4.75. The van der Waals surface area contributed by atoms with Crippen LogP contribution in [-0.4, -0.2) is 24.6 Å². The number of hydrogen-bond donors (Lipinski definition) is 0. The highest BCUT2D eigenvalue weighted by atomic mass is 16.6. The molecule has 19 heavy (non-hydrogen) atoms. The van der Waals surface area contributed by atoms with Gasteiger partial charge in [-0.15, -0.1) is 0 Å². The molecule has 0 bridgehead atoms. The molecule has 0 N–H and O–H groups in total. The van der Waals surface area contributed by atoms with Crippen molar-refractivity contribution in [3.63, 3.8) is 0 Å². The van der Waals surface area contributed by atoms with Crippen molar-refractivity contribution in [1.82, 2.24) is 0 Å². The van der Waals surface area contributed by atoms with E-state index in [1.165, 1.54) is 6.08 Å². The molecule has 3 rings (SSSR count). The normalized spacial score (nSPS) is 37.2.